The Labute approximate surface area is 156 Å². The van der Waals surface area contributed by atoms with Gasteiger partial charge in [0.25, 0.3) is 0 Å². The number of benzene rings is 1. The lowest BCUT2D eigenvalue weighted by Crippen LogP contribution is -2.26. The molecule has 1 aromatic heterocycles. The highest BCUT2D eigenvalue weighted by Crippen LogP contribution is 2.36. The van der Waals surface area contributed by atoms with E-state index in [4.69, 9.17) is 9.47 Å². The molecular weight excluding hydrogens is 324 g/mol. The predicted molar refractivity (Wildman–Crippen MR) is 106 cm³/mol. The molecule has 3 rings (SSSR count). The summed E-state index contributed by atoms with van der Waals surface area (Å²) in [6.45, 7) is 5.79. The fourth-order valence-electron chi connectivity index (χ4n) is 3.73. The molecule has 2 aromatic rings. The number of anilines is 1. The first-order valence-corrected chi connectivity index (χ1v) is 9.81. The molecule has 26 heavy (non-hydrogen) atoms. The summed E-state index contributed by atoms with van der Waals surface area (Å²) in [5.74, 6) is 1.53. The molecule has 0 aliphatic heterocycles. The molecule has 0 spiro atoms. The minimum atomic E-state index is 0.483. The minimum Gasteiger partial charge on any atom is -0.490 e. The van der Waals surface area contributed by atoms with Gasteiger partial charge in [0, 0.05) is 18.8 Å². The average Bonchev–Trinajstić information content (AvgIpc) is 2.69. The fraction of sp³-hybridized carbons (Fsp3) is 0.500. The van der Waals surface area contributed by atoms with Crippen LogP contribution in [0.3, 0.4) is 0 Å². The topological polar surface area (TPSA) is 43.4 Å². The molecule has 1 aliphatic rings. The zero-order valence-corrected chi connectivity index (χ0v) is 15.9. The van der Waals surface area contributed by atoms with Gasteiger partial charge < -0.3 is 14.8 Å². The van der Waals surface area contributed by atoms with Crippen molar-refractivity contribution in [2.24, 2.45) is 0 Å². The van der Waals surface area contributed by atoms with Crippen molar-refractivity contribution in [2.45, 2.75) is 58.1 Å². The van der Waals surface area contributed by atoms with Crippen molar-refractivity contribution in [1.29, 1.82) is 0 Å². The quantitative estimate of drug-likeness (QED) is 0.711. The van der Waals surface area contributed by atoms with Crippen LogP contribution in [0.4, 0.5) is 5.69 Å². The zero-order chi connectivity index (χ0) is 18.2. The summed E-state index contributed by atoms with van der Waals surface area (Å²) in [5.41, 5.74) is 3.39. The number of aromatic nitrogens is 1. The Bertz CT molecular complexity index is 667. The van der Waals surface area contributed by atoms with E-state index in [-0.39, 0.29) is 0 Å². The summed E-state index contributed by atoms with van der Waals surface area (Å²) in [4.78, 5) is 4.45. The summed E-state index contributed by atoms with van der Waals surface area (Å²) < 4.78 is 11.4. The number of hydrogen-bond donors (Lipinski definition) is 1. The zero-order valence-electron chi connectivity index (χ0n) is 15.9. The van der Waals surface area contributed by atoms with Crippen LogP contribution in [0.5, 0.6) is 5.75 Å². The van der Waals surface area contributed by atoms with Gasteiger partial charge in [-0.3, -0.25) is 4.98 Å². The van der Waals surface area contributed by atoms with Crippen LogP contribution in [-0.2, 0) is 11.3 Å². The van der Waals surface area contributed by atoms with Gasteiger partial charge in [0.15, 0.2) is 5.75 Å². The second-order valence-corrected chi connectivity index (χ2v) is 6.81. The third-order valence-corrected chi connectivity index (χ3v) is 5.07. The van der Waals surface area contributed by atoms with Crippen LogP contribution in [-0.4, -0.2) is 24.2 Å². The van der Waals surface area contributed by atoms with Gasteiger partial charge in [0.2, 0.25) is 0 Å². The van der Waals surface area contributed by atoms with Crippen LogP contribution in [0, 0.1) is 0 Å². The van der Waals surface area contributed by atoms with E-state index in [2.05, 4.69) is 40.6 Å². The van der Waals surface area contributed by atoms with Crippen molar-refractivity contribution < 1.29 is 9.47 Å². The maximum atomic E-state index is 5.89. The van der Waals surface area contributed by atoms with Crippen LogP contribution >= 0.6 is 0 Å². The molecule has 0 atom stereocenters. The molecule has 1 N–H and O–H groups in total. The van der Waals surface area contributed by atoms with E-state index in [9.17, 15) is 0 Å². The summed E-state index contributed by atoms with van der Waals surface area (Å²) in [5, 5.41) is 3.70. The first-order valence-electron chi connectivity index (χ1n) is 9.81. The van der Waals surface area contributed by atoms with E-state index in [1.54, 1.807) is 0 Å². The monoisotopic (exact) mass is 354 g/mol. The van der Waals surface area contributed by atoms with Crippen molar-refractivity contribution in [2.75, 3.05) is 18.5 Å². The molecule has 0 radical (unpaired) electrons. The van der Waals surface area contributed by atoms with Crippen molar-refractivity contribution in [3.05, 3.63) is 53.9 Å². The number of nitrogens with one attached hydrogen (secondary N) is 1. The SMILES string of the molecule is CCOCc1nccc(NC2CCC(c3ccccc3)CC2)c1OCC. The maximum absolute atomic E-state index is 5.89. The molecular formula is C22H30N2O2. The molecule has 1 aliphatic carbocycles. The van der Waals surface area contributed by atoms with Crippen molar-refractivity contribution >= 4 is 5.69 Å². The molecule has 1 fully saturated rings. The third kappa shape index (κ3) is 4.76. The third-order valence-electron chi connectivity index (χ3n) is 5.07. The largest absolute Gasteiger partial charge is 0.490 e. The smallest absolute Gasteiger partial charge is 0.166 e. The summed E-state index contributed by atoms with van der Waals surface area (Å²) in [6.07, 6.45) is 6.64. The molecule has 0 saturated heterocycles. The van der Waals surface area contributed by atoms with Gasteiger partial charge in [0.1, 0.15) is 5.69 Å². The normalized spacial score (nSPS) is 19.9. The average molecular weight is 354 g/mol. The number of nitrogens with zero attached hydrogens (tertiary/aromatic N) is 1. The predicted octanol–water partition coefficient (Wildman–Crippen LogP) is 5.16. The van der Waals surface area contributed by atoms with Gasteiger partial charge in [0.05, 0.1) is 18.9 Å². The van der Waals surface area contributed by atoms with E-state index >= 15 is 0 Å². The summed E-state index contributed by atoms with van der Waals surface area (Å²) >= 11 is 0. The van der Waals surface area contributed by atoms with Crippen molar-refractivity contribution in [3.63, 3.8) is 0 Å². The van der Waals surface area contributed by atoms with Gasteiger partial charge >= 0.3 is 0 Å². The lowest BCUT2D eigenvalue weighted by Gasteiger charge is -2.30. The Hall–Kier alpha value is -2.07. The first-order chi connectivity index (χ1) is 12.8. The standard InChI is InChI=1S/C22H30N2O2/c1-3-25-16-21-22(26-4-2)20(14-15-23-21)24-19-12-10-18(11-13-19)17-8-6-5-7-9-17/h5-9,14-15,18-19H,3-4,10-13,16H2,1-2H3,(H,23,24). The molecule has 1 aromatic carbocycles. The lowest BCUT2D eigenvalue weighted by molar-refractivity contribution is 0.128. The Morgan fingerprint density at radius 2 is 1.77 bits per heavy atom. The second-order valence-electron chi connectivity index (χ2n) is 6.81. The Balaban J connectivity index is 1.64. The molecule has 4 nitrogen and oxygen atoms in total. The molecule has 140 valence electrons. The fourth-order valence-corrected chi connectivity index (χ4v) is 3.73. The van der Waals surface area contributed by atoms with E-state index in [0.29, 0.717) is 31.8 Å². The van der Waals surface area contributed by atoms with E-state index in [1.165, 1.54) is 31.2 Å². The van der Waals surface area contributed by atoms with Gasteiger partial charge in [-0.2, -0.15) is 0 Å². The molecule has 0 unspecified atom stereocenters. The molecule has 4 heteroatoms. The van der Waals surface area contributed by atoms with Gasteiger partial charge in [-0.05, 0) is 57.1 Å². The Kier molecular flexibility index (Phi) is 6.89. The highest BCUT2D eigenvalue weighted by Gasteiger charge is 2.23. The second kappa shape index (κ2) is 9.58. The number of rotatable bonds is 8. The number of hydrogen-bond acceptors (Lipinski definition) is 4. The molecule has 0 bridgehead atoms. The van der Waals surface area contributed by atoms with E-state index in [1.807, 2.05) is 26.1 Å². The number of ether oxygens (including phenoxy) is 2. The lowest BCUT2D eigenvalue weighted by atomic mass is 9.82. The molecule has 0 amide bonds. The Morgan fingerprint density at radius 3 is 2.46 bits per heavy atom. The minimum absolute atomic E-state index is 0.483. The molecule has 1 saturated carbocycles. The highest BCUT2D eigenvalue weighted by atomic mass is 16.5. The van der Waals surface area contributed by atoms with Crippen LogP contribution < -0.4 is 10.1 Å². The van der Waals surface area contributed by atoms with Crippen molar-refractivity contribution in [3.8, 4) is 5.75 Å². The van der Waals surface area contributed by atoms with Gasteiger partial charge in [-0.15, -0.1) is 0 Å². The molecule has 1 heterocycles. The van der Waals surface area contributed by atoms with Crippen LogP contribution in [0.25, 0.3) is 0 Å². The van der Waals surface area contributed by atoms with Gasteiger partial charge in [-0.1, -0.05) is 30.3 Å². The van der Waals surface area contributed by atoms with Crippen LogP contribution in [0.1, 0.15) is 56.7 Å². The Morgan fingerprint density at radius 1 is 1.00 bits per heavy atom. The van der Waals surface area contributed by atoms with Crippen LogP contribution in [0.2, 0.25) is 0 Å². The van der Waals surface area contributed by atoms with Crippen molar-refractivity contribution in [1.82, 2.24) is 4.98 Å². The first kappa shape index (κ1) is 18.7. The van der Waals surface area contributed by atoms with Gasteiger partial charge in [-0.25, -0.2) is 0 Å². The summed E-state index contributed by atoms with van der Waals surface area (Å²) in [7, 11) is 0. The highest BCUT2D eigenvalue weighted by molar-refractivity contribution is 5.58. The maximum Gasteiger partial charge on any atom is 0.166 e. The number of pyridine rings is 1. The van der Waals surface area contributed by atoms with Crippen LogP contribution in [0.15, 0.2) is 42.6 Å². The van der Waals surface area contributed by atoms with E-state index in [0.717, 1.165) is 17.1 Å². The van der Waals surface area contributed by atoms with E-state index < -0.39 is 0 Å². The summed E-state index contributed by atoms with van der Waals surface area (Å²) in [6, 6.07) is 13.4.